The van der Waals surface area contributed by atoms with Crippen molar-refractivity contribution in [1.29, 1.82) is 0 Å². The normalized spacial score (nSPS) is 27.9. The van der Waals surface area contributed by atoms with Crippen molar-refractivity contribution in [3.8, 4) is 0 Å². The van der Waals surface area contributed by atoms with Crippen LogP contribution in [0.2, 0.25) is 0 Å². The lowest BCUT2D eigenvalue weighted by molar-refractivity contribution is -0.139. The van der Waals surface area contributed by atoms with Gasteiger partial charge in [-0.1, -0.05) is 19.3 Å². The van der Waals surface area contributed by atoms with E-state index in [4.69, 9.17) is 16.3 Å². The molecule has 0 aromatic heterocycles. The molecule has 9 heteroatoms. The van der Waals surface area contributed by atoms with Gasteiger partial charge in [-0.05, 0) is 55.9 Å². The molecule has 2 aliphatic heterocycles. The number of anilines is 1. The molecule has 1 aromatic rings. The Kier molecular flexibility index (Phi) is 6.62. The second kappa shape index (κ2) is 9.66. The second-order valence-electron chi connectivity index (χ2n) is 9.88. The lowest BCUT2D eigenvalue weighted by Crippen LogP contribution is -2.55. The van der Waals surface area contributed by atoms with Crippen molar-refractivity contribution in [3.63, 3.8) is 0 Å². The number of Topliss-reactive ketones (excluding diaryl/α,β-unsaturated/α-hetero) is 1. The lowest BCUT2D eigenvalue weighted by Gasteiger charge is -2.34. The number of alkyl halides is 1. The molecule has 0 bridgehead atoms. The number of halogens is 1. The monoisotopic (exact) mass is 487 g/mol. The summed E-state index contributed by atoms with van der Waals surface area (Å²) in [7, 11) is 0. The highest BCUT2D eigenvalue weighted by Crippen LogP contribution is 2.34. The Bertz CT molecular complexity index is 973. The number of amides is 3. The van der Waals surface area contributed by atoms with Gasteiger partial charge in [0.25, 0.3) is 5.91 Å². The average Bonchev–Trinajstić information content (AvgIpc) is 3.56. The van der Waals surface area contributed by atoms with Gasteiger partial charge in [0, 0.05) is 23.7 Å². The van der Waals surface area contributed by atoms with Gasteiger partial charge in [0.1, 0.15) is 24.8 Å². The Hall–Kier alpha value is -2.45. The van der Waals surface area contributed by atoms with Crippen LogP contribution in [0.3, 0.4) is 0 Å². The van der Waals surface area contributed by atoms with Gasteiger partial charge < -0.3 is 20.3 Å². The van der Waals surface area contributed by atoms with Gasteiger partial charge in [-0.25, -0.2) is 0 Å². The van der Waals surface area contributed by atoms with Crippen molar-refractivity contribution < 1.29 is 23.9 Å². The predicted octanol–water partition coefficient (Wildman–Crippen LogP) is 2.50. The van der Waals surface area contributed by atoms with Crippen LogP contribution in [0.5, 0.6) is 0 Å². The summed E-state index contributed by atoms with van der Waals surface area (Å²) in [5, 5.41) is 5.38. The van der Waals surface area contributed by atoms with Gasteiger partial charge in [0.05, 0.1) is 5.38 Å². The van der Waals surface area contributed by atoms with E-state index in [-0.39, 0.29) is 48.5 Å². The Morgan fingerprint density at radius 2 is 1.74 bits per heavy atom. The van der Waals surface area contributed by atoms with Crippen molar-refractivity contribution in [3.05, 3.63) is 29.8 Å². The second-order valence-corrected chi connectivity index (χ2v) is 10.4. The molecule has 3 amide bonds. The number of nitrogens with one attached hydrogen (secondary N) is 2. The number of fused-ring (bicyclic) bond motifs is 1. The predicted molar refractivity (Wildman–Crippen MR) is 126 cm³/mol. The van der Waals surface area contributed by atoms with E-state index in [1.165, 1.54) is 4.90 Å². The number of benzene rings is 1. The van der Waals surface area contributed by atoms with Crippen LogP contribution in [-0.4, -0.2) is 65.1 Å². The minimum atomic E-state index is -0.724. The summed E-state index contributed by atoms with van der Waals surface area (Å²) in [6.45, 7) is 0.197. The van der Waals surface area contributed by atoms with Gasteiger partial charge >= 0.3 is 0 Å². The summed E-state index contributed by atoms with van der Waals surface area (Å²) in [5.41, 5.74) is 1.05. The Morgan fingerprint density at radius 3 is 2.41 bits per heavy atom. The average molecular weight is 488 g/mol. The molecule has 2 N–H and O–H groups in total. The third kappa shape index (κ3) is 4.70. The molecule has 182 valence electrons. The van der Waals surface area contributed by atoms with E-state index in [0.717, 1.165) is 44.9 Å². The zero-order valence-corrected chi connectivity index (χ0v) is 19.8. The molecule has 8 nitrogen and oxygen atoms in total. The summed E-state index contributed by atoms with van der Waals surface area (Å²) in [6.07, 6.45) is 6.17. The van der Waals surface area contributed by atoms with Crippen LogP contribution in [0, 0.1) is 11.8 Å². The first kappa shape index (κ1) is 23.3. The molecule has 4 aliphatic rings. The number of nitrogens with zero attached hydrogens (tertiary/aromatic N) is 1. The van der Waals surface area contributed by atoms with Gasteiger partial charge in [-0.2, -0.15) is 0 Å². The number of carbonyl (C=O) groups excluding carboxylic acids is 4. The van der Waals surface area contributed by atoms with Crippen LogP contribution in [-0.2, 0) is 19.1 Å². The summed E-state index contributed by atoms with van der Waals surface area (Å²) < 4.78 is 5.52. The fraction of sp³-hybridized carbons (Fsp3) is 0.600. The van der Waals surface area contributed by atoms with E-state index >= 15 is 0 Å². The first-order valence-electron chi connectivity index (χ1n) is 12.2. The molecule has 4 atom stereocenters. The number of carbonyl (C=O) groups is 4. The van der Waals surface area contributed by atoms with Crippen molar-refractivity contribution in [2.75, 3.05) is 18.5 Å². The van der Waals surface area contributed by atoms with E-state index in [9.17, 15) is 19.2 Å². The first-order valence-corrected chi connectivity index (χ1v) is 12.7. The molecule has 0 unspecified atom stereocenters. The van der Waals surface area contributed by atoms with Crippen molar-refractivity contribution in [1.82, 2.24) is 10.2 Å². The van der Waals surface area contributed by atoms with Gasteiger partial charge in [-0.15, -0.1) is 11.6 Å². The van der Waals surface area contributed by atoms with E-state index in [1.54, 1.807) is 24.3 Å². The Labute approximate surface area is 203 Å². The molecule has 34 heavy (non-hydrogen) atoms. The number of likely N-dealkylation sites (tertiary alicyclic amines) is 1. The van der Waals surface area contributed by atoms with Gasteiger partial charge in [0.15, 0.2) is 5.78 Å². The van der Waals surface area contributed by atoms with Crippen molar-refractivity contribution in [2.45, 2.75) is 68.5 Å². The molecule has 0 spiro atoms. The quantitative estimate of drug-likeness (QED) is 0.600. The standard InChI is InChI=1S/C25H30ClN3O5/c26-18-12-29(21-19(30)13-34-22(18)21)25(33)20(14-4-2-1-3-5-14)28-24(32)16-8-10-17(11-9-16)27-23(31)15-6-7-15/h8-11,14-15,18,20-22H,1-7,12-13H2,(H,27,31)(H,28,32)/t18-,20-,21+,22+/m0/s1. The molecule has 2 saturated carbocycles. The maximum atomic E-state index is 13.7. The zero-order valence-electron chi connectivity index (χ0n) is 19.0. The number of hydrogen-bond donors (Lipinski definition) is 2. The zero-order chi connectivity index (χ0) is 23.8. The first-order chi connectivity index (χ1) is 16.4. The fourth-order valence-corrected chi connectivity index (χ4v) is 5.73. The van der Waals surface area contributed by atoms with Crippen LogP contribution in [0.15, 0.2) is 24.3 Å². The largest absolute Gasteiger partial charge is 0.366 e. The number of ketones is 1. The third-order valence-corrected chi connectivity index (χ3v) is 7.83. The van der Waals surface area contributed by atoms with Crippen LogP contribution < -0.4 is 10.6 Å². The van der Waals surface area contributed by atoms with E-state index < -0.39 is 23.6 Å². The number of ether oxygens (including phenoxy) is 1. The SMILES string of the molecule is O=C(N[C@H](C(=O)N1C[C@H](Cl)[C@H]2OCC(=O)[C@H]21)C1CCCCC1)c1ccc(NC(=O)C2CC2)cc1. The van der Waals surface area contributed by atoms with E-state index in [0.29, 0.717) is 11.3 Å². The highest BCUT2D eigenvalue weighted by molar-refractivity contribution is 6.22. The van der Waals surface area contributed by atoms with Crippen LogP contribution in [0.25, 0.3) is 0 Å². The summed E-state index contributed by atoms with van der Waals surface area (Å²) in [6, 6.07) is 5.30. The number of hydrogen-bond acceptors (Lipinski definition) is 5. The fourth-order valence-electron chi connectivity index (χ4n) is 5.37. The Balaban J connectivity index is 1.31. The molecule has 4 fully saturated rings. The minimum Gasteiger partial charge on any atom is -0.366 e. The van der Waals surface area contributed by atoms with E-state index in [1.807, 2.05) is 0 Å². The lowest BCUT2D eigenvalue weighted by atomic mass is 9.83. The highest BCUT2D eigenvalue weighted by atomic mass is 35.5. The van der Waals surface area contributed by atoms with Crippen molar-refractivity contribution >= 4 is 40.8 Å². The molecule has 0 radical (unpaired) electrons. The molecule has 1 aromatic carbocycles. The molecular formula is C25H30ClN3O5. The number of rotatable bonds is 6. The topological polar surface area (TPSA) is 105 Å². The third-order valence-electron chi connectivity index (χ3n) is 7.44. The summed E-state index contributed by atoms with van der Waals surface area (Å²) in [4.78, 5) is 52.7. The van der Waals surface area contributed by atoms with Gasteiger partial charge in [-0.3, -0.25) is 19.2 Å². The highest BCUT2D eigenvalue weighted by Gasteiger charge is 2.53. The maximum absolute atomic E-state index is 13.7. The van der Waals surface area contributed by atoms with Crippen LogP contribution >= 0.6 is 11.6 Å². The Morgan fingerprint density at radius 1 is 1.03 bits per heavy atom. The summed E-state index contributed by atoms with van der Waals surface area (Å²) in [5.74, 6) is -0.638. The van der Waals surface area contributed by atoms with E-state index in [2.05, 4.69) is 10.6 Å². The van der Waals surface area contributed by atoms with Crippen LogP contribution in [0.1, 0.15) is 55.3 Å². The van der Waals surface area contributed by atoms with Gasteiger partial charge in [0.2, 0.25) is 11.8 Å². The molecular weight excluding hydrogens is 458 g/mol. The minimum absolute atomic E-state index is 0.00659. The van der Waals surface area contributed by atoms with Crippen molar-refractivity contribution in [2.24, 2.45) is 11.8 Å². The van der Waals surface area contributed by atoms with Crippen LogP contribution in [0.4, 0.5) is 5.69 Å². The molecule has 5 rings (SSSR count). The molecule has 2 heterocycles. The molecule has 2 saturated heterocycles. The smallest absolute Gasteiger partial charge is 0.251 e. The molecule has 2 aliphatic carbocycles. The maximum Gasteiger partial charge on any atom is 0.251 e. The summed E-state index contributed by atoms with van der Waals surface area (Å²) >= 11 is 6.40.